The molecule has 0 atom stereocenters. The lowest BCUT2D eigenvalue weighted by atomic mass is 10.1. The number of azide groups is 1. The molecule has 21 heavy (non-hydrogen) atoms. The molecule has 2 aromatic carbocycles. The maximum absolute atomic E-state index is 11.3. The number of benzene rings is 2. The first kappa shape index (κ1) is 14.6. The molecular formula is C15H13N3O3. The van der Waals surface area contributed by atoms with Gasteiger partial charge in [-0.1, -0.05) is 17.2 Å². The molecule has 0 radical (unpaired) electrons. The van der Waals surface area contributed by atoms with Gasteiger partial charge in [-0.25, -0.2) is 0 Å². The Morgan fingerprint density at radius 2 is 1.67 bits per heavy atom. The molecule has 6 heteroatoms. The van der Waals surface area contributed by atoms with E-state index in [9.17, 15) is 4.79 Å². The number of ketones is 1. The van der Waals surface area contributed by atoms with Crippen molar-refractivity contribution in [3.05, 3.63) is 70.1 Å². The molecule has 0 amide bonds. The summed E-state index contributed by atoms with van der Waals surface area (Å²) in [7, 11) is 0. The van der Waals surface area contributed by atoms with Crippen LogP contribution < -0.4 is 4.74 Å². The van der Waals surface area contributed by atoms with E-state index in [-0.39, 0.29) is 5.78 Å². The lowest BCUT2D eigenvalue weighted by molar-refractivity contribution is 0.0903. The van der Waals surface area contributed by atoms with Gasteiger partial charge in [-0.05, 0) is 47.5 Å². The molecule has 0 aliphatic carbocycles. The molecular weight excluding hydrogens is 270 g/mol. The lowest BCUT2D eigenvalue weighted by Gasteiger charge is -2.07. The Bertz CT molecular complexity index is 660. The summed E-state index contributed by atoms with van der Waals surface area (Å²) >= 11 is 0. The van der Waals surface area contributed by atoms with Crippen LogP contribution in [0.4, 0.5) is 0 Å². The molecule has 0 unspecified atom stereocenters. The second-order valence-corrected chi connectivity index (χ2v) is 4.24. The summed E-state index contributed by atoms with van der Waals surface area (Å²) in [5.74, 6) is 0.900. The summed E-state index contributed by atoms with van der Waals surface area (Å²) in [4.78, 5) is 14.0. The summed E-state index contributed by atoms with van der Waals surface area (Å²) in [6, 6.07) is 13.7. The van der Waals surface area contributed by atoms with Gasteiger partial charge in [-0.2, -0.15) is 0 Å². The van der Waals surface area contributed by atoms with Crippen LogP contribution in [0.25, 0.3) is 10.4 Å². The van der Waals surface area contributed by atoms with Gasteiger partial charge in [0, 0.05) is 10.5 Å². The van der Waals surface area contributed by atoms with Crippen LogP contribution in [0.5, 0.6) is 11.5 Å². The maximum atomic E-state index is 11.3. The quantitative estimate of drug-likeness (QED) is 0.380. The Balaban J connectivity index is 2.04. The van der Waals surface area contributed by atoms with E-state index in [1.54, 1.807) is 36.4 Å². The monoisotopic (exact) mass is 283 g/mol. The number of carbonyl (C=O) groups is 1. The molecule has 2 aromatic rings. The zero-order valence-electron chi connectivity index (χ0n) is 11.1. The molecule has 0 heterocycles. The third kappa shape index (κ3) is 4.07. The van der Waals surface area contributed by atoms with Gasteiger partial charge in [-0.3, -0.25) is 4.79 Å². The number of ether oxygens (including phenoxy) is 1. The van der Waals surface area contributed by atoms with Crippen LogP contribution in [-0.4, -0.2) is 17.5 Å². The Labute approximate surface area is 121 Å². The van der Waals surface area contributed by atoms with Crippen molar-refractivity contribution in [2.75, 3.05) is 6.61 Å². The van der Waals surface area contributed by atoms with E-state index in [2.05, 4.69) is 10.0 Å². The Morgan fingerprint density at radius 1 is 1.10 bits per heavy atom. The van der Waals surface area contributed by atoms with Crippen molar-refractivity contribution in [2.45, 2.75) is 6.54 Å². The van der Waals surface area contributed by atoms with Gasteiger partial charge in [0.15, 0.2) is 5.78 Å². The first-order valence-corrected chi connectivity index (χ1v) is 6.24. The summed E-state index contributed by atoms with van der Waals surface area (Å²) in [6.07, 6.45) is 0. The van der Waals surface area contributed by atoms with E-state index < -0.39 is 6.61 Å². The number of rotatable bonds is 6. The Hall–Kier alpha value is -2.82. The maximum Gasteiger partial charge on any atom is 0.188 e. The van der Waals surface area contributed by atoms with Gasteiger partial charge < -0.3 is 9.84 Å². The molecule has 0 spiro atoms. The first-order valence-electron chi connectivity index (χ1n) is 6.24. The lowest BCUT2D eigenvalue weighted by Crippen LogP contribution is -2.03. The van der Waals surface area contributed by atoms with Crippen molar-refractivity contribution in [3.8, 4) is 11.5 Å². The van der Waals surface area contributed by atoms with Crippen LogP contribution in [0.15, 0.2) is 53.6 Å². The van der Waals surface area contributed by atoms with Crippen LogP contribution in [0.1, 0.15) is 15.9 Å². The first-order chi connectivity index (χ1) is 10.2. The molecule has 0 aromatic heterocycles. The number of hydrogen-bond donors (Lipinski definition) is 1. The van der Waals surface area contributed by atoms with Crippen LogP contribution in [0, 0.1) is 0 Å². The minimum absolute atomic E-state index is 0.300. The van der Waals surface area contributed by atoms with Gasteiger partial charge in [0.2, 0.25) is 0 Å². The highest BCUT2D eigenvalue weighted by molar-refractivity contribution is 5.96. The predicted molar refractivity (Wildman–Crippen MR) is 77.2 cm³/mol. The summed E-state index contributed by atoms with van der Waals surface area (Å²) in [6.45, 7) is -0.207. The zero-order valence-corrected chi connectivity index (χ0v) is 11.1. The molecule has 0 saturated heterocycles. The number of hydrogen-bond acceptors (Lipinski definition) is 4. The van der Waals surface area contributed by atoms with E-state index in [0.717, 1.165) is 5.56 Å². The summed E-state index contributed by atoms with van der Waals surface area (Å²) < 4.78 is 5.63. The largest absolute Gasteiger partial charge is 0.457 e. The van der Waals surface area contributed by atoms with E-state index in [1.165, 1.54) is 0 Å². The number of Topliss-reactive ketones (excluding diaryl/α,β-unsaturated/α-hetero) is 1. The fraction of sp³-hybridized carbons (Fsp3) is 0.133. The molecule has 0 aliphatic rings. The molecule has 0 saturated carbocycles. The summed E-state index contributed by atoms with van der Waals surface area (Å²) in [5, 5.41) is 12.2. The van der Waals surface area contributed by atoms with Gasteiger partial charge in [0.25, 0.3) is 0 Å². The highest BCUT2D eigenvalue weighted by Crippen LogP contribution is 2.22. The van der Waals surface area contributed by atoms with Gasteiger partial charge in [0.05, 0.1) is 6.54 Å². The van der Waals surface area contributed by atoms with E-state index in [4.69, 9.17) is 15.4 Å². The van der Waals surface area contributed by atoms with Crippen molar-refractivity contribution in [3.63, 3.8) is 0 Å². The van der Waals surface area contributed by atoms with Crippen molar-refractivity contribution in [1.82, 2.24) is 0 Å². The van der Waals surface area contributed by atoms with Gasteiger partial charge in [-0.15, -0.1) is 0 Å². The highest BCUT2D eigenvalue weighted by Gasteiger charge is 2.04. The van der Waals surface area contributed by atoms with Crippen LogP contribution in [0.3, 0.4) is 0 Å². The molecule has 0 aliphatic heterocycles. The van der Waals surface area contributed by atoms with Gasteiger partial charge in [0.1, 0.15) is 18.1 Å². The molecule has 6 nitrogen and oxygen atoms in total. The van der Waals surface area contributed by atoms with Gasteiger partial charge >= 0.3 is 0 Å². The van der Waals surface area contributed by atoms with Crippen molar-refractivity contribution < 1.29 is 14.6 Å². The topological polar surface area (TPSA) is 95.3 Å². The van der Waals surface area contributed by atoms with E-state index in [0.29, 0.717) is 23.6 Å². The molecule has 2 rings (SSSR count). The average Bonchev–Trinajstić information content (AvgIpc) is 2.54. The fourth-order valence-electron chi connectivity index (χ4n) is 1.71. The standard InChI is InChI=1S/C15H13N3O3/c16-18-17-9-11-1-5-13(6-2-11)21-14-7-3-12(4-8-14)15(20)10-19/h1-8,19H,9-10H2. The zero-order chi connectivity index (χ0) is 15.1. The minimum Gasteiger partial charge on any atom is -0.457 e. The average molecular weight is 283 g/mol. The SMILES string of the molecule is [N-]=[N+]=NCc1ccc(Oc2ccc(C(=O)CO)cc2)cc1. The molecule has 1 N–H and O–H groups in total. The van der Waals surface area contributed by atoms with Crippen molar-refractivity contribution in [1.29, 1.82) is 0 Å². The number of aliphatic hydroxyl groups is 1. The molecule has 0 bridgehead atoms. The normalized spacial score (nSPS) is 9.76. The second-order valence-electron chi connectivity index (χ2n) is 4.24. The van der Waals surface area contributed by atoms with E-state index in [1.807, 2.05) is 12.1 Å². The number of carbonyl (C=O) groups excluding carboxylic acids is 1. The van der Waals surface area contributed by atoms with Crippen LogP contribution >= 0.6 is 0 Å². The predicted octanol–water partition coefficient (Wildman–Crippen LogP) is 3.46. The number of nitrogens with zero attached hydrogens (tertiary/aromatic N) is 3. The third-order valence-electron chi connectivity index (χ3n) is 2.80. The van der Waals surface area contributed by atoms with Crippen molar-refractivity contribution in [2.24, 2.45) is 5.11 Å². The molecule has 0 fully saturated rings. The van der Waals surface area contributed by atoms with Crippen LogP contribution in [0.2, 0.25) is 0 Å². The second kappa shape index (κ2) is 7.09. The Morgan fingerprint density at radius 3 is 2.19 bits per heavy atom. The third-order valence-corrected chi connectivity index (χ3v) is 2.80. The smallest absolute Gasteiger partial charge is 0.188 e. The van der Waals surface area contributed by atoms with Crippen molar-refractivity contribution >= 4 is 5.78 Å². The van der Waals surface area contributed by atoms with E-state index >= 15 is 0 Å². The fourth-order valence-corrected chi connectivity index (χ4v) is 1.71. The number of aliphatic hydroxyl groups excluding tert-OH is 1. The Kier molecular flexibility index (Phi) is 4.93. The minimum atomic E-state index is -0.507. The summed E-state index contributed by atoms with van der Waals surface area (Å²) in [5.41, 5.74) is 9.58. The van der Waals surface area contributed by atoms with Crippen LogP contribution in [-0.2, 0) is 6.54 Å². The molecule has 106 valence electrons. The highest BCUT2D eigenvalue weighted by atomic mass is 16.5.